The van der Waals surface area contributed by atoms with E-state index in [2.05, 4.69) is 25.5 Å². The van der Waals surface area contributed by atoms with E-state index in [1.54, 1.807) is 12.5 Å². The van der Waals surface area contributed by atoms with Gasteiger partial charge in [-0.15, -0.1) is 0 Å². The molecule has 1 unspecified atom stereocenters. The van der Waals surface area contributed by atoms with Gasteiger partial charge >= 0.3 is 0 Å². The molecule has 2 rings (SSSR count). The number of carbonyl (C=O) groups excluding carboxylic acids is 1. The molecule has 2 heterocycles. The van der Waals surface area contributed by atoms with Crippen LogP contribution in [0, 0.1) is 0 Å². The van der Waals surface area contributed by atoms with Crippen molar-refractivity contribution in [1.82, 2.24) is 25.5 Å². The molecule has 17 heavy (non-hydrogen) atoms. The van der Waals surface area contributed by atoms with Crippen LogP contribution in [0.1, 0.15) is 12.6 Å². The number of carbonyl (C=O) groups is 1. The van der Waals surface area contributed by atoms with Gasteiger partial charge in [0, 0.05) is 44.6 Å². The lowest BCUT2D eigenvalue weighted by Crippen LogP contribution is -2.57. The molecule has 0 spiro atoms. The standard InChI is InChI=1S/C11H19N5O/c1-2-14-11(17)10-6-12-3-4-16(10)7-9-5-13-8-15-9/h5,8,10,12H,2-4,6-7H2,1H3,(H,13,15)(H,14,17). The van der Waals surface area contributed by atoms with E-state index in [4.69, 9.17) is 0 Å². The highest BCUT2D eigenvalue weighted by molar-refractivity contribution is 5.82. The lowest BCUT2D eigenvalue weighted by atomic mass is 10.1. The Kier molecular flexibility index (Phi) is 4.11. The van der Waals surface area contributed by atoms with E-state index in [9.17, 15) is 4.79 Å². The Hall–Kier alpha value is -1.40. The summed E-state index contributed by atoms with van der Waals surface area (Å²) in [5.74, 6) is 0.0965. The van der Waals surface area contributed by atoms with E-state index in [-0.39, 0.29) is 11.9 Å². The minimum atomic E-state index is -0.0907. The van der Waals surface area contributed by atoms with Crippen LogP contribution in [-0.4, -0.2) is 53.0 Å². The monoisotopic (exact) mass is 237 g/mol. The zero-order valence-electron chi connectivity index (χ0n) is 10.1. The van der Waals surface area contributed by atoms with Gasteiger partial charge < -0.3 is 15.6 Å². The molecule has 1 amide bonds. The molecule has 0 saturated carbocycles. The van der Waals surface area contributed by atoms with Gasteiger partial charge in [0.15, 0.2) is 0 Å². The van der Waals surface area contributed by atoms with E-state index in [1.807, 2.05) is 6.92 Å². The van der Waals surface area contributed by atoms with Crippen molar-refractivity contribution < 1.29 is 4.79 Å². The van der Waals surface area contributed by atoms with Crippen molar-refractivity contribution in [3.8, 4) is 0 Å². The van der Waals surface area contributed by atoms with Crippen LogP contribution in [0.25, 0.3) is 0 Å². The number of nitrogens with zero attached hydrogens (tertiary/aromatic N) is 2. The quantitative estimate of drug-likeness (QED) is 0.649. The van der Waals surface area contributed by atoms with Crippen molar-refractivity contribution in [2.75, 3.05) is 26.2 Å². The normalized spacial score (nSPS) is 21.4. The van der Waals surface area contributed by atoms with Crippen LogP contribution < -0.4 is 10.6 Å². The topological polar surface area (TPSA) is 73.1 Å². The Balaban J connectivity index is 1.99. The number of piperazine rings is 1. The fourth-order valence-corrected chi connectivity index (χ4v) is 2.08. The number of hydrogen-bond donors (Lipinski definition) is 3. The zero-order chi connectivity index (χ0) is 12.1. The molecule has 1 aromatic rings. The molecular weight excluding hydrogens is 218 g/mol. The lowest BCUT2D eigenvalue weighted by molar-refractivity contribution is -0.127. The average Bonchev–Trinajstić information content (AvgIpc) is 2.83. The molecule has 0 aliphatic carbocycles. The number of amides is 1. The third kappa shape index (κ3) is 3.04. The maximum atomic E-state index is 11.9. The van der Waals surface area contributed by atoms with Gasteiger partial charge in [0.05, 0.1) is 6.33 Å². The summed E-state index contributed by atoms with van der Waals surface area (Å²) in [6.45, 7) is 5.86. The van der Waals surface area contributed by atoms with E-state index >= 15 is 0 Å². The SMILES string of the molecule is CCNC(=O)C1CNCCN1Cc1cnc[nH]1. The maximum Gasteiger partial charge on any atom is 0.238 e. The minimum absolute atomic E-state index is 0.0907. The van der Waals surface area contributed by atoms with E-state index in [1.165, 1.54) is 0 Å². The van der Waals surface area contributed by atoms with Gasteiger partial charge in [-0.05, 0) is 6.92 Å². The highest BCUT2D eigenvalue weighted by Crippen LogP contribution is 2.08. The first-order valence-corrected chi connectivity index (χ1v) is 6.01. The smallest absolute Gasteiger partial charge is 0.238 e. The van der Waals surface area contributed by atoms with Crippen molar-refractivity contribution in [3.63, 3.8) is 0 Å². The number of hydrogen-bond acceptors (Lipinski definition) is 4. The second kappa shape index (κ2) is 5.79. The number of imidazole rings is 1. The summed E-state index contributed by atoms with van der Waals surface area (Å²) in [4.78, 5) is 21.2. The van der Waals surface area contributed by atoms with Crippen molar-refractivity contribution in [1.29, 1.82) is 0 Å². The number of H-pyrrole nitrogens is 1. The molecule has 0 bridgehead atoms. The molecule has 3 N–H and O–H groups in total. The van der Waals surface area contributed by atoms with Crippen LogP contribution in [0.5, 0.6) is 0 Å². The van der Waals surface area contributed by atoms with Gasteiger partial charge in [-0.25, -0.2) is 4.98 Å². The molecule has 1 fully saturated rings. The largest absolute Gasteiger partial charge is 0.355 e. The molecule has 6 nitrogen and oxygen atoms in total. The van der Waals surface area contributed by atoms with Gasteiger partial charge in [0.25, 0.3) is 0 Å². The number of rotatable bonds is 4. The third-order valence-electron chi connectivity index (χ3n) is 2.94. The van der Waals surface area contributed by atoms with Crippen LogP contribution >= 0.6 is 0 Å². The summed E-state index contributed by atoms with van der Waals surface area (Å²) in [6, 6.07) is -0.0907. The van der Waals surface area contributed by atoms with Crippen LogP contribution in [0.3, 0.4) is 0 Å². The van der Waals surface area contributed by atoms with Crippen molar-refractivity contribution >= 4 is 5.91 Å². The van der Waals surface area contributed by atoms with Crippen molar-refractivity contribution in [3.05, 3.63) is 18.2 Å². The summed E-state index contributed by atoms with van der Waals surface area (Å²) in [6.07, 6.45) is 3.47. The molecule has 0 aromatic carbocycles. The van der Waals surface area contributed by atoms with Crippen LogP contribution in [0.4, 0.5) is 0 Å². The summed E-state index contributed by atoms with van der Waals surface area (Å²) in [5.41, 5.74) is 1.04. The summed E-state index contributed by atoms with van der Waals surface area (Å²) < 4.78 is 0. The number of likely N-dealkylation sites (N-methyl/N-ethyl adjacent to an activating group) is 1. The first-order valence-electron chi connectivity index (χ1n) is 6.01. The average molecular weight is 237 g/mol. The van der Waals surface area contributed by atoms with Gasteiger partial charge in [-0.2, -0.15) is 0 Å². The van der Waals surface area contributed by atoms with Crippen LogP contribution in [-0.2, 0) is 11.3 Å². The highest BCUT2D eigenvalue weighted by Gasteiger charge is 2.28. The minimum Gasteiger partial charge on any atom is -0.355 e. The van der Waals surface area contributed by atoms with Crippen molar-refractivity contribution in [2.24, 2.45) is 0 Å². The summed E-state index contributed by atoms with van der Waals surface area (Å²) >= 11 is 0. The predicted octanol–water partition coefficient (Wildman–Crippen LogP) is -0.680. The Bertz CT molecular complexity index is 351. The predicted molar refractivity (Wildman–Crippen MR) is 64.3 cm³/mol. The van der Waals surface area contributed by atoms with Gasteiger partial charge in [0.1, 0.15) is 6.04 Å². The van der Waals surface area contributed by atoms with Crippen molar-refractivity contribution in [2.45, 2.75) is 19.5 Å². The highest BCUT2D eigenvalue weighted by atomic mass is 16.2. The molecule has 6 heteroatoms. The fraction of sp³-hybridized carbons (Fsp3) is 0.636. The molecule has 1 aromatic heterocycles. The van der Waals surface area contributed by atoms with Gasteiger partial charge in [-0.3, -0.25) is 9.69 Å². The number of aromatic amines is 1. The Morgan fingerprint density at radius 2 is 2.59 bits per heavy atom. The van der Waals surface area contributed by atoms with E-state index in [0.717, 1.165) is 25.3 Å². The van der Waals surface area contributed by atoms with Crippen LogP contribution in [0.2, 0.25) is 0 Å². The molecular formula is C11H19N5O. The molecule has 94 valence electrons. The zero-order valence-corrected chi connectivity index (χ0v) is 10.1. The second-order valence-electron chi connectivity index (χ2n) is 4.16. The molecule has 1 saturated heterocycles. The van der Waals surface area contributed by atoms with Gasteiger partial charge in [0.2, 0.25) is 5.91 Å². The number of aromatic nitrogens is 2. The molecule has 1 aliphatic rings. The molecule has 1 aliphatic heterocycles. The lowest BCUT2D eigenvalue weighted by Gasteiger charge is -2.34. The summed E-state index contributed by atoms with van der Waals surface area (Å²) in [5, 5.41) is 6.13. The van der Waals surface area contributed by atoms with E-state index in [0.29, 0.717) is 13.1 Å². The van der Waals surface area contributed by atoms with Gasteiger partial charge in [-0.1, -0.05) is 0 Å². The first-order chi connectivity index (χ1) is 8.31. The number of nitrogens with one attached hydrogen (secondary N) is 3. The molecule has 0 radical (unpaired) electrons. The third-order valence-corrected chi connectivity index (χ3v) is 2.94. The first kappa shape index (κ1) is 12.1. The Labute approximate surface area is 101 Å². The van der Waals surface area contributed by atoms with E-state index < -0.39 is 0 Å². The fourth-order valence-electron chi connectivity index (χ4n) is 2.08. The molecule has 1 atom stereocenters. The Morgan fingerprint density at radius 1 is 1.71 bits per heavy atom. The maximum absolute atomic E-state index is 11.9. The Morgan fingerprint density at radius 3 is 3.29 bits per heavy atom. The second-order valence-corrected chi connectivity index (χ2v) is 4.16. The van der Waals surface area contributed by atoms with Crippen LogP contribution in [0.15, 0.2) is 12.5 Å². The summed E-state index contributed by atoms with van der Waals surface area (Å²) in [7, 11) is 0.